The molecule has 0 aliphatic heterocycles. The number of carbonyl (C=O) groups excluding carboxylic acids is 2. The van der Waals surface area contributed by atoms with E-state index in [1.165, 1.54) is 6.07 Å². The van der Waals surface area contributed by atoms with E-state index in [4.69, 9.17) is 17.3 Å². The molecule has 0 radical (unpaired) electrons. The van der Waals surface area contributed by atoms with Crippen molar-refractivity contribution in [2.75, 3.05) is 0 Å². The van der Waals surface area contributed by atoms with Crippen molar-refractivity contribution in [1.82, 2.24) is 5.32 Å². The number of nitrogens with two attached hydrogens (primary N) is 1. The first-order valence-electron chi connectivity index (χ1n) is 7.12. The molecular formula is C17H15ClF2N2O2. The van der Waals surface area contributed by atoms with Gasteiger partial charge in [-0.2, -0.15) is 0 Å². The fourth-order valence-electron chi connectivity index (χ4n) is 2.16. The zero-order chi connectivity index (χ0) is 17.7. The monoisotopic (exact) mass is 352 g/mol. The number of hydrogen-bond acceptors (Lipinski definition) is 2. The highest BCUT2D eigenvalue weighted by Crippen LogP contribution is 2.12. The number of primary amides is 1. The molecule has 4 nitrogen and oxygen atoms in total. The molecule has 2 aromatic carbocycles. The third kappa shape index (κ3) is 5.03. The number of nitrogens with one attached hydrogen (secondary N) is 1. The summed E-state index contributed by atoms with van der Waals surface area (Å²) in [7, 11) is 0. The number of benzene rings is 2. The Morgan fingerprint density at radius 3 is 2.38 bits per heavy atom. The van der Waals surface area contributed by atoms with Crippen LogP contribution in [0.15, 0.2) is 42.5 Å². The van der Waals surface area contributed by atoms with E-state index in [9.17, 15) is 18.4 Å². The second-order valence-corrected chi connectivity index (χ2v) is 5.70. The minimum atomic E-state index is -0.942. The fraction of sp³-hybridized carbons (Fsp3) is 0.176. The highest BCUT2D eigenvalue weighted by Gasteiger charge is 2.19. The summed E-state index contributed by atoms with van der Waals surface area (Å²) in [4.78, 5) is 23.5. The van der Waals surface area contributed by atoms with Gasteiger partial charge in [-0.3, -0.25) is 9.59 Å². The van der Waals surface area contributed by atoms with Crippen LogP contribution in [0.5, 0.6) is 0 Å². The van der Waals surface area contributed by atoms with Crippen molar-refractivity contribution >= 4 is 23.4 Å². The zero-order valence-electron chi connectivity index (χ0n) is 12.6. The van der Waals surface area contributed by atoms with Crippen LogP contribution in [0.2, 0.25) is 5.02 Å². The smallest absolute Gasteiger partial charge is 0.240 e. The van der Waals surface area contributed by atoms with Crippen LogP contribution >= 0.6 is 11.6 Å². The molecule has 7 heteroatoms. The summed E-state index contributed by atoms with van der Waals surface area (Å²) in [5.41, 5.74) is 6.09. The number of hydrogen-bond donors (Lipinski definition) is 2. The van der Waals surface area contributed by atoms with Crippen LogP contribution in [0.3, 0.4) is 0 Å². The van der Waals surface area contributed by atoms with Crippen molar-refractivity contribution < 1.29 is 18.4 Å². The van der Waals surface area contributed by atoms with E-state index < -0.39 is 29.5 Å². The number of amides is 2. The maximum atomic E-state index is 13.6. The highest BCUT2D eigenvalue weighted by atomic mass is 35.5. The Labute approximate surface area is 142 Å². The lowest BCUT2D eigenvalue weighted by atomic mass is 10.0. The van der Waals surface area contributed by atoms with E-state index in [2.05, 4.69) is 5.32 Å². The van der Waals surface area contributed by atoms with Gasteiger partial charge in [-0.25, -0.2) is 8.78 Å². The van der Waals surface area contributed by atoms with E-state index in [0.717, 1.165) is 11.6 Å². The van der Waals surface area contributed by atoms with Crippen LogP contribution in [0.4, 0.5) is 8.78 Å². The molecule has 0 saturated heterocycles. The summed E-state index contributed by atoms with van der Waals surface area (Å²) in [6, 6.07) is 8.74. The van der Waals surface area contributed by atoms with E-state index in [-0.39, 0.29) is 18.4 Å². The van der Waals surface area contributed by atoms with Crippen LogP contribution in [-0.2, 0) is 22.4 Å². The van der Waals surface area contributed by atoms with Crippen molar-refractivity contribution in [3.63, 3.8) is 0 Å². The van der Waals surface area contributed by atoms with Gasteiger partial charge in [0.1, 0.15) is 17.7 Å². The molecule has 2 aromatic rings. The fourth-order valence-corrected chi connectivity index (χ4v) is 2.29. The molecule has 0 unspecified atom stereocenters. The molecule has 0 aliphatic rings. The van der Waals surface area contributed by atoms with Gasteiger partial charge in [0, 0.05) is 17.5 Å². The lowest BCUT2D eigenvalue weighted by molar-refractivity contribution is -0.127. The van der Waals surface area contributed by atoms with Crippen molar-refractivity contribution in [1.29, 1.82) is 0 Å². The average Bonchev–Trinajstić information content (AvgIpc) is 2.51. The van der Waals surface area contributed by atoms with Gasteiger partial charge in [-0.15, -0.1) is 0 Å². The van der Waals surface area contributed by atoms with E-state index in [1.54, 1.807) is 24.3 Å². The Kier molecular flexibility index (Phi) is 5.87. The van der Waals surface area contributed by atoms with Crippen LogP contribution in [0, 0.1) is 11.6 Å². The summed E-state index contributed by atoms with van der Waals surface area (Å²) >= 11 is 5.79. The number of carbonyl (C=O) groups is 2. The lowest BCUT2D eigenvalue weighted by Gasteiger charge is -2.16. The SMILES string of the molecule is NC(=O)[C@@H](Cc1ccc(Cl)cc1)NC(=O)Cc1ccc(F)cc1F. The Hall–Kier alpha value is -2.47. The van der Waals surface area contributed by atoms with E-state index in [0.29, 0.717) is 11.1 Å². The van der Waals surface area contributed by atoms with E-state index in [1.807, 2.05) is 0 Å². The van der Waals surface area contributed by atoms with Gasteiger partial charge >= 0.3 is 0 Å². The van der Waals surface area contributed by atoms with Crippen molar-refractivity contribution in [3.05, 3.63) is 70.2 Å². The Morgan fingerprint density at radius 2 is 1.79 bits per heavy atom. The second kappa shape index (κ2) is 7.88. The highest BCUT2D eigenvalue weighted by molar-refractivity contribution is 6.30. The molecule has 0 aliphatic carbocycles. The largest absolute Gasteiger partial charge is 0.368 e. The Morgan fingerprint density at radius 1 is 1.12 bits per heavy atom. The lowest BCUT2D eigenvalue weighted by Crippen LogP contribution is -2.46. The molecule has 0 spiro atoms. The predicted octanol–water partition coefficient (Wildman–Crippen LogP) is 2.37. The normalized spacial score (nSPS) is 11.8. The molecule has 24 heavy (non-hydrogen) atoms. The van der Waals surface area contributed by atoms with Gasteiger partial charge in [-0.1, -0.05) is 29.8 Å². The van der Waals surface area contributed by atoms with Crippen LogP contribution in [-0.4, -0.2) is 17.9 Å². The van der Waals surface area contributed by atoms with Gasteiger partial charge in [-0.05, 0) is 29.3 Å². The van der Waals surface area contributed by atoms with Crippen LogP contribution in [0.1, 0.15) is 11.1 Å². The first kappa shape index (κ1) is 17.9. The molecule has 0 aromatic heterocycles. The summed E-state index contributed by atoms with van der Waals surface area (Å²) in [6.45, 7) is 0. The van der Waals surface area contributed by atoms with Crippen molar-refractivity contribution in [3.8, 4) is 0 Å². The molecule has 0 fully saturated rings. The maximum absolute atomic E-state index is 13.6. The van der Waals surface area contributed by atoms with Gasteiger partial charge < -0.3 is 11.1 Å². The minimum absolute atomic E-state index is 0.0311. The predicted molar refractivity (Wildman–Crippen MR) is 86.3 cm³/mol. The maximum Gasteiger partial charge on any atom is 0.240 e. The zero-order valence-corrected chi connectivity index (χ0v) is 13.3. The molecule has 0 heterocycles. The topological polar surface area (TPSA) is 72.2 Å². The molecule has 0 saturated carbocycles. The minimum Gasteiger partial charge on any atom is -0.368 e. The van der Waals surface area contributed by atoms with Gasteiger partial charge in [0.05, 0.1) is 6.42 Å². The molecule has 3 N–H and O–H groups in total. The first-order chi connectivity index (χ1) is 11.3. The van der Waals surface area contributed by atoms with E-state index >= 15 is 0 Å². The van der Waals surface area contributed by atoms with Gasteiger partial charge in [0.25, 0.3) is 0 Å². The molecule has 2 amide bonds. The summed E-state index contributed by atoms with van der Waals surface area (Å²) < 4.78 is 26.4. The van der Waals surface area contributed by atoms with Gasteiger partial charge in [0.15, 0.2) is 0 Å². The standard InChI is InChI=1S/C17H15ClF2N2O2/c18-12-4-1-10(2-5-12)7-15(17(21)24)22-16(23)8-11-3-6-13(19)9-14(11)20/h1-6,9,15H,7-8H2,(H2,21,24)(H,22,23)/t15-/m1/s1. The number of halogens is 3. The van der Waals surface area contributed by atoms with Gasteiger partial charge in [0.2, 0.25) is 11.8 Å². The Balaban J connectivity index is 2.02. The third-order valence-electron chi connectivity index (χ3n) is 3.40. The molecule has 1 atom stereocenters. The van der Waals surface area contributed by atoms with Crippen LogP contribution < -0.4 is 11.1 Å². The third-order valence-corrected chi connectivity index (χ3v) is 3.65. The molecule has 2 rings (SSSR count). The summed E-state index contributed by atoms with van der Waals surface area (Å²) in [6.07, 6.45) is -0.138. The van der Waals surface area contributed by atoms with Crippen molar-refractivity contribution in [2.45, 2.75) is 18.9 Å². The van der Waals surface area contributed by atoms with Crippen molar-refractivity contribution in [2.24, 2.45) is 5.73 Å². The average molecular weight is 353 g/mol. The number of rotatable bonds is 6. The second-order valence-electron chi connectivity index (χ2n) is 5.27. The quantitative estimate of drug-likeness (QED) is 0.837. The molecule has 0 bridgehead atoms. The Bertz CT molecular complexity index is 751. The first-order valence-corrected chi connectivity index (χ1v) is 7.50. The molecule has 126 valence electrons. The molecular weight excluding hydrogens is 338 g/mol. The summed E-state index contributed by atoms with van der Waals surface area (Å²) in [5, 5.41) is 3.01. The van der Waals surface area contributed by atoms with Crippen LogP contribution in [0.25, 0.3) is 0 Å². The summed E-state index contributed by atoms with van der Waals surface area (Å²) in [5.74, 6) is -2.84.